The first-order valence-electron chi connectivity index (χ1n) is 4.80. The van der Waals surface area contributed by atoms with Gasteiger partial charge in [-0.3, -0.25) is 0 Å². The molecule has 0 aliphatic carbocycles. The van der Waals surface area contributed by atoms with E-state index in [2.05, 4.69) is 6.92 Å². The lowest BCUT2D eigenvalue weighted by atomic mass is 10.1. The molecule has 0 aliphatic heterocycles. The molecule has 1 aromatic carbocycles. The molecule has 1 aromatic rings. The summed E-state index contributed by atoms with van der Waals surface area (Å²) in [6.45, 7) is 2.11. The Morgan fingerprint density at radius 3 is 2.60 bits per heavy atom. The van der Waals surface area contributed by atoms with Gasteiger partial charge in [0.25, 0.3) is 0 Å². The van der Waals surface area contributed by atoms with Crippen LogP contribution in [-0.4, -0.2) is 0 Å². The van der Waals surface area contributed by atoms with Crippen molar-refractivity contribution in [3.63, 3.8) is 0 Å². The van der Waals surface area contributed by atoms with Gasteiger partial charge >= 0.3 is 6.07 Å². The fourth-order valence-corrected chi connectivity index (χ4v) is 2.13. The van der Waals surface area contributed by atoms with Crippen molar-refractivity contribution < 1.29 is 9.09 Å². The molecule has 0 bridgehead atoms. The largest absolute Gasteiger partial charge is 0.428 e. The lowest BCUT2D eigenvalue weighted by Crippen LogP contribution is -1.90. The average molecular weight is 267 g/mol. The Balaban J connectivity index is 2.81. The predicted molar refractivity (Wildman–Crippen MR) is 65.0 cm³/mol. The molecule has 0 radical (unpaired) electrons. The molecule has 0 aliphatic rings. The zero-order chi connectivity index (χ0) is 11.3. The molecule has 0 unspecified atom stereocenters. The second kappa shape index (κ2) is 5.79. The van der Waals surface area contributed by atoms with E-state index in [-0.39, 0.29) is 0 Å². The Kier molecular flexibility index (Phi) is 4.98. The molecule has 0 atom stereocenters. The van der Waals surface area contributed by atoms with Crippen LogP contribution in [0.15, 0.2) is 24.3 Å². The van der Waals surface area contributed by atoms with Crippen LogP contribution in [0, 0.1) is 0 Å². The van der Waals surface area contributed by atoms with E-state index in [1.165, 1.54) is 0 Å². The molecule has 0 amide bonds. The summed E-state index contributed by atoms with van der Waals surface area (Å²) in [7, 11) is 0. The van der Waals surface area contributed by atoms with E-state index in [1.807, 2.05) is 12.1 Å². The minimum absolute atomic E-state index is 0.513. The van der Waals surface area contributed by atoms with E-state index in [0.29, 0.717) is 5.75 Å². The maximum Gasteiger partial charge on any atom is 0.428 e. The van der Waals surface area contributed by atoms with E-state index in [1.54, 1.807) is 12.1 Å². The van der Waals surface area contributed by atoms with Crippen LogP contribution in [0.25, 0.3) is 0 Å². The summed E-state index contributed by atoms with van der Waals surface area (Å²) in [4.78, 5) is 0. The van der Waals surface area contributed by atoms with Gasteiger partial charge in [-0.15, -0.1) is 0 Å². The fourth-order valence-electron chi connectivity index (χ4n) is 1.28. The van der Waals surface area contributed by atoms with Gasteiger partial charge in [0.15, 0.2) is 0 Å². The summed E-state index contributed by atoms with van der Waals surface area (Å²) < 4.78 is 16.1. The first-order valence-corrected chi connectivity index (χ1v) is 8.23. The molecule has 0 heterocycles. The van der Waals surface area contributed by atoms with Gasteiger partial charge in [-0.25, -0.2) is 4.57 Å². The number of hydrogen-bond donors (Lipinski definition) is 0. The Labute approximate surface area is 99.6 Å². The van der Waals surface area contributed by atoms with Gasteiger partial charge in [-0.1, -0.05) is 31.5 Å². The number of para-hydroxylation sites is 1. The van der Waals surface area contributed by atoms with E-state index in [9.17, 15) is 4.57 Å². The number of rotatable bonds is 5. The molecular formula is C10H13Cl2O2P. The fraction of sp³-hybridized carbons (Fsp3) is 0.400. The van der Waals surface area contributed by atoms with Crippen LogP contribution in [0.4, 0.5) is 0 Å². The van der Waals surface area contributed by atoms with Gasteiger partial charge in [0.1, 0.15) is 5.75 Å². The molecule has 84 valence electrons. The summed E-state index contributed by atoms with van der Waals surface area (Å²) >= 11 is 10.7. The number of unbranched alkanes of at least 4 members (excludes halogenated alkanes) is 1. The van der Waals surface area contributed by atoms with Crippen LogP contribution in [0.3, 0.4) is 0 Å². The minimum atomic E-state index is -3.50. The molecule has 2 nitrogen and oxygen atoms in total. The van der Waals surface area contributed by atoms with Crippen molar-refractivity contribution in [2.75, 3.05) is 0 Å². The Bertz CT molecular complexity index is 362. The van der Waals surface area contributed by atoms with Gasteiger partial charge in [0, 0.05) is 22.5 Å². The summed E-state index contributed by atoms with van der Waals surface area (Å²) in [5.74, 6) is 0.513. The molecule has 5 heteroatoms. The second-order valence-corrected chi connectivity index (χ2v) is 7.42. The highest BCUT2D eigenvalue weighted by Gasteiger charge is 2.17. The normalized spacial score (nSPS) is 11.4. The highest BCUT2D eigenvalue weighted by molar-refractivity contribution is 8.05. The summed E-state index contributed by atoms with van der Waals surface area (Å²) in [6, 6.07) is 7.36. The van der Waals surface area contributed by atoms with Crippen LogP contribution < -0.4 is 4.52 Å². The summed E-state index contributed by atoms with van der Waals surface area (Å²) in [6.07, 6.45) is -0.485. The van der Waals surface area contributed by atoms with Crippen molar-refractivity contribution in [2.45, 2.75) is 26.2 Å². The summed E-state index contributed by atoms with van der Waals surface area (Å²) in [5, 5.41) is 0. The number of halogens is 2. The van der Waals surface area contributed by atoms with Gasteiger partial charge in [0.05, 0.1) is 0 Å². The SMILES string of the molecule is CCCCc1ccccc1OP(=O)(Cl)Cl. The van der Waals surface area contributed by atoms with Crippen LogP contribution in [0.5, 0.6) is 5.75 Å². The van der Waals surface area contributed by atoms with E-state index >= 15 is 0 Å². The molecule has 0 spiro atoms. The smallest absolute Gasteiger partial charge is 0.422 e. The number of aryl methyl sites for hydroxylation is 1. The van der Waals surface area contributed by atoms with Gasteiger partial charge in [-0.05, 0) is 24.5 Å². The van der Waals surface area contributed by atoms with Crippen molar-refractivity contribution in [2.24, 2.45) is 0 Å². The Hall–Kier alpha value is -0.170. The van der Waals surface area contributed by atoms with E-state index in [4.69, 9.17) is 27.0 Å². The molecule has 0 saturated carbocycles. The zero-order valence-corrected chi connectivity index (χ0v) is 10.9. The minimum Gasteiger partial charge on any atom is -0.422 e. The Morgan fingerprint density at radius 2 is 2.00 bits per heavy atom. The molecule has 0 saturated heterocycles. The van der Waals surface area contributed by atoms with Gasteiger partial charge in [-0.2, -0.15) is 0 Å². The monoisotopic (exact) mass is 266 g/mol. The maximum absolute atomic E-state index is 11.1. The van der Waals surface area contributed by atoms with Crippen LogP contribution in [0.1, 0.15) is 25.3 Å². The quantitative estimate of drug-likeness (QED) is 0.702. The van der Waals surface area contributed by atoms with Crippen LogP contribution in [-0.2, 0) is 11.0 Å². The van der Waals surface area contributed by atoms with Crippen molar-refractivity contribution in [3.05, 3.63) is 29.8 Å². The van der Waals surface area contributed by atoms with Crippen molar-refractivity contribution in [3.8, 4) is 5.75 Å². The van der Waals surface area contributed by atoms with Gasteiger partial charge in [0.2, 0.25) is 0 Å². The van der Waals surface area contributed by atoms with Crippen molar-refractivity contribution in [1.82, 2.24) is 0 Å². The second-order valence-electron chi connectivity index (χ2n) is 3.22. The average Bonchev–Trinajstić information content (AvgIpc) is 2.14. The van der Waals surface area contributed by atoms with Gasteiger partial charge < -0.3 is 4.52 Å². The topological polar surface area (TPSA) is 26.3 Å². The summed E-state index contributed by atoms with van der Waals surface area (Å²) in [5.41, 5.74) is 0.987. The molecule has 0 aromatic heterocycles. The number of hydrogen-bond acceptors (Lipinski definition) is 2. The first-order chi connectivity index (χ1) is 7.03. The predicted octanol–water partition coefficient (Wildman–Crippen LogP) is 4.99. The highest BCUT2D eigenvalue weighted by atomic mass is 35.9. The Morgan fingerprint density at radius 1 is 1.33 bits per heavy atom. The zero-order valence-electron chi connectivity index (χ0n) is 8.45. The molecule has 0 fully saturated rings. The molecule has 1 rings (SSSR count). The third kappa shape index (κ3) is 4.92. The lowest BCUT2D eigenvalue weighted by molar-refractivity contribution is 0.509. The van der Waals surface area contributed by atoms with E-state index in [0.717, 1.165) is 24.8 Å². The van der Waals surface area contributed by atoms with E-state index < -0.39 is 6.07 Å². The first kappa shape index (κ1) is 12.9. The van der Waals surface area contributed by atoms with Crippen LogP contribution in [0.2, 0.25) is 0 Å². The maximum atomic E-state index is 11.1. The van der Waals surface area contributed by atoms with Crippen molar-refractivity contribution >= 4 is 28.6 Å². The van der Waals surface area contributed by atoms with Crippen LogP contribution >= 0.6 is 28.6 Å². The standard InChI is InChI=1S/C10H13Cl2O2P/c1-2-3-6-9-7-4-5-8-10(9)14-15(11,12)13/h4-5,7-8H,2-3,6H2,1H3. The molecule has 15 heavy (non-hydrogen) atoms. The third-order valence-corrected chi connectivity index (χ3v) is 2.80. The molecule has 0 N–H and O–H groups in total. The van der Waals surface area contributed by atoms with Crippen molar-refractivity contribution in [1.29, 1.82) is 0 Å². The molecular weight excluding hydrogens is 254 g/mol. The third-order valence-electron chi connectivity index (χ3n) is 1.98. The lowest BCUT2D eigenvalue weighted by Gasteiger charge is -2.10. The highest BCUT2D eigenvalue weighted by Crippen LogP contribution is 2.57. The number of benzene rings is 1.